The lowest BCUT2D eigenvalue weighted by atomic mass is 10.1. The molecule has 9 aromatic rings. The summed E-state index contributed by atoms with van der Waals surface area (Å²) >= 11 is 0. The van der Waals surface area contributed by atoms with Crippen LogP contribution in [0.25, 0.3) is 49.0 Å². The Hall–Kier alpha value is -8.17. The largest absolute Gasteiger partial charge is 0.506 e. The van der Waals surface area contributed by atoms with Crippen molar-refractivity contribution in [3.05, 3.63) is 126 Å². The van der Waals surface area contributed by atoms with E-state index in [1.54, 1.807) is 61.5 Å². The van der Waals surface area contributed by atoms with Crippen LogP contribution in [-0.2, 0) is 37.0 Å². The third kappa shape index (κ3) is 9.10. The van der Waals surface area contributed by atoms with Gasteiger partial charge in [-0.05, 0) is 96.1 Å². The molecule has 0 bridgehead atoms. The van der Waals surface area contributed by atoms with Gasteiger partial charge in [-0.2, -0.15) is 40.3 Å². The number of hydrogen-bond donors (Lipinski definition) is 6. The van der Waals surface area contributed by atoms with Gasteiger partial charge in [0.1, 0.15) is 49.4 Å². The fourth-order valence-electron chi connectivity index (χ4n) is 7.49. The van der Waals surface area contributed by atoms with Gasteiger partial charge in [-0.3, -0.25) is 13.7 Å². The average molecular weight is 1000 g/mol. The molecule has 0 saturated heterocycles. The number of aromatic nitrogens is 3. The van der Waals surface area contributed by atoms with Gasteiger partial charge in [0.25, 0.3) is 30.4 Å². The number of phenolic OH excluding ortho intramolecular Hbond substituents is 2. The molecule has 0 fully saturated rings. The van der Waals surface area contributed by atoms with Crippen LogP contribution in [0.3, 0.4) is 0 Å². The zero-order chi connectivity index (χ0) is 49.9. The molecule has 0 aliphatic heterocycles. The number of ether oxygens (including phenoxy) is 1. The maximum Gasteiger partial charge on any atom is 0.295 e. The fourth-order valence-corrected chi connectivity index (χ4v) is 9.54. The third-order valence-electron chi connectivity index (χ3n) is 10.9. The second kappa shape index (κ2) is 17.7. The van der Waals surface area contributed by atoms with E-state index >= 15 is 0 Å². The van der Waals surface area contributed by atoms with Crippen LogP contribution in [0.2, 0.25) is 0 Å². The van der Waals surface area contributed by atoms with Gasteiger partial charge in [0.2, 0.25) is 0 Å². The number of nitrogens with zero attached hydrogens (tertiary/aromatic N) is 9. The van der Waals surface area contributed by atoms with Gasteiger partial charge in [-0.1, -0.05) is 30.3 Å². The first-order valence-corrected chi connectivity index (χ1v) is 24.5. The highest BCUT2D eigenvalue weighted by Crippen LogP contribution is 2.42. The Balaban J connectivity index is 0.953. The molecular weight excluding hydrogens is 971 g/mol. The van der Waals surface area contributed by atoms with Gasteiger partial charge in [0.15, 0.2) is 5.75 Å². The molecule has 1 heterocycles. The number of hydrogen-bond acceptors (Lipinski definition) is 18. The molecule has 8 aromatic carbocycles. The van der Waals surface area contributed by atoms with Crippen LogP contribution in [-0.4, -0.2) is 76.3 Å². The molecule has 6 N–H and O–H groups in total. The molecule has 25 heteroatoms. The Morgan fingerprint density at radius 3 is 2.00 bits per heavy atom. The number of fused-ring (bicyclic) bond motifs is 5. The highest BCUT2D eigenvalue weighted by molar-refractivity contribution is 7.87. The standard InChI is InChI=1S/C45H33N9O13S3/c1-23-14-39(41(67-2)21-36(23)48-46-27-8-6-24-4-3-5-42(32(24)17-27)69(61,62)63)51-49-37-20-40(56)38(16-26(37)22-55)50-47-35-12-7-25-15-28(9-10-30(25)45(35)57)54-52-34-13-11-31-33(44(34)53-54)18-29(68(58,59)60)19-43(31)70(64,65)66/h3-21,55-57H,22H2,1-2H3,(H,58,59,60)(H,61,62,63)(H,64,65,66). The van der Waals surface area contributed by atoms with E-state index in [1.165, 1.54) is 60.4 Å². The second-order valence-electron chi connectivity index (χ2n) is 15.4. The molecule has 0 saturated carbocycles. The summed E-state index contributed by atoms with van der Waals surface area (Å²) in [7, 11) is -12.9. The SMILES string of the molecule is COc1cc(N=Nc2ccc3cccc(S(=O)(=O)O)c3c2)c(C)cc1N=Nc1cc(O)c(N=Nc2ccc3cc(-n4nc5ccc6c(S(=O)(=O)O)cc(S(=O)(=O)O)cc6c5n4)ccc3c2O)cc1CO. The summed E-state index contributed by atoms with van der Waals surface area (Å²) in [4.78, 5) is -0.606. The number of methoxy groups -OCH3 is 1. The van der Waals surface area contributed by atoms with Gasteiger partial charge in [-0.15, -0.1) is 30.7 Å². The van der Waals surface area contributed by atoms with Gasteiger partial charge in [0, 0.05) is 39.2 Å². The molecule has 0 amide bonds. The Labute approximate surface area is 395 Å². The van der Waals surface area contributed by atoms with E-state index in [0.29, 0.717) is 44.9 Å². The molecule has 1 aromatic heterocycles. The first-order valence-electron chi connectivity index (χ1n) is 20.2. The molecule has 0 aliphatic rings. The lowest BCUT2D eigenvalue weighted by Crippen LogP contribution is -2.04. The monoisotopic (exact) mass is 1000 g/mol. The zero-order valence-corrected chi connectivity index (χ0v) is 38.4. The first-order chi connectivity index (χ1) is 33.2. The van der Waals surface area contributed by atoms with E-state index in [9.17, 15) is 54.2 Å². The van der Waals surface area contributed by atoms with E-state index in [0.717, 1.165) is 6.07 Å². The van der Waals surface area contributed by atoms with Crippen molar-refractivity contribution in [3.63, 3.8) is 0 Å². The van der Waals surface area contributed by atoms with E-state index in [1.807, 2.05) is 0 Å². The maximum atomic E-state index is 12.2. The van der Waals surface area contributed by atoms with Crippen LogP contribution in [0.1, 0.15) is 11.1 Å². The molecular formula is C45H33N9O13S3. The van der Waals surface area contributed by atoms with Crippen LogP contribution in [0.4, 0.5) is 34.1 Å². The molecule has 0 aliphatic carbocycles. The van der Waals surface area contributed by atoms with Crippen molar-refractivity contribution in [2.24, 2.45) is 30.7 Å². The van der Waals surface area contributed by atoms with Crippen molar-refractivity contribution in [1.29, 1.82) is 0 Å². The van der Waals surface area contributed by atoms with Crippen LogP contribution < -0.4 is 4.74 Å². The quantitative estimate of drug-likeness (QED) is 0.0489. The minimum atomic E-state index is -4.93. The van der Waals surface area contributed by atoms with Gasteiger partial charge in [0.05, 0.1) is 41.4 Å². The molecule has 0 atom stereocenters. The number of aromatic hydroxyl groups is 2. The third-order valence-corrected chi connectivity index (χ3v) is 13.6. The Bertz CT molecular complexity index is 4130. The summed E-state index contributed by atoms with van der Waals surface area (Å²) in [5.74, 6) is -0.410. The summed E-state index contributed by atoms with van der Waals surface area (Å²) in [6.45, 7) is 1.20. The first kappa shape index (κ1) is 46.9. The predicted octanol–water partition coefficient (Wildman–Crippen LogP) is 10.1. The molecule has 354 valence electrons. The lowest BCUT2D eigenvalue weighted by molar-refractivity contribution is 0.282. The number of azo groups is 3. The topological polar surface area (TPSA) is 338 Å². The van der Waals surface area contributed by atoms with Crippen LogP contribution >= 0.6 is 0 Å². The van der Waals surface area contributed by atoms with Crippen molar-refractivity contribution in [2.75, 3.05) is 7.11 Å². The van der Waals surface area contributed by atoms with Crippen molar-refractivity contribution in [3.8, 4) is 22.9 Å². The molecule has 22 nitrogen and oxygen atoms in total. The Morgan fingerprint density at radius 2 is 1.27 bits per heavy atom. The number of aliphatic hydroxyl groups excluding tert-OH is 1. The molecule has 9 rings (SSSR count). The predicted molar refractivity (Wildman–Crippen MR) is 253 cm³/mol. The van der Waals surface area contributed by atoms with E-state index < -0.39 is 46.8 Å². The van der Waals surface area contributed by atoms with Crippen molar-refractivity contribution in [2.45, 2.75) is 28.2 Å². The highest BCUT2D eigenvalue weighted by atomic mass is 32.2. The normalized spacial score (nSPS) is 12.8. The van der Waals surface area contributed by atoms with Crippen LogP contribution in [0, 0.1) is 6.92 Å². The summed E-state index contributed by atoms with van der Waals surface area (Å²) in [5.41, 5.74) is 2.48. The number of aryl methyl sites for hydroxylation is 1. The smallest absolute Gasteiger partial charge is 0.295 e. The number of rotatable bonds is 12. The second-order valence-corrected chi connectivity index (χ2v) is 19.6. The van der Waals surface area contributed by atoms with Gasteiger partial charge < -0.3 is 20.1 Å². The van der Waals surface area contributed by atoms with Crippen molar-refractivity contribution >= 4 is 108 Å². The summed E-state index contributed by atoms with van der Waals surface area (Å²) in [6.07, 6.45) is 0. The minimum Gasteiger partial charge on any atom is -0.506 e. The number of benzene rings is 8. The van der Waals surface area contributed by atoms with Gasteiger partial charge >= 0.3 is 0 Å². The van der Waals surface area contributed by atoms with Crippen LogP contribution in [0.5, 0.6) is 17.2 Å². The van der Waals surface area contributed by atoms with E-state index in [2.05, 4.69) is 40.9 Å². The average Bonchev–Trinajstić information content (AvgIpc) is 3.77. The van der Waals surface area contributed by atoms with E-state index in [4.69, 9.17) is 4.74 Å². The van der Waals surface area contributed by atoms with Gasteiger partial charge in [-0.25, -0.2) is 0 Å². The number of aliphatic hydroxyl groups is 1. The summed E-state index contributed by atoms with van der Waals surface area (Å²) in [5, 5.41) is 68.2. The zero-order valence-electron chi connectivity index (χ0n) is 36.0. The lowest BCUT2D eigenvalue weighted by Gasteiger charge is -2.09. The summed E-state index contributed by atoms with van der Waals surface area (Å²) in [6, 6.07) is 27.2. The maximum absolute atomic E-state index is 12.2. The van der Waals surface area contributed by atoms with E-state index in [-0.39, 0.29) is 77.6 Å². The molecule has 70 heavy (non-hydrogen) atoms. The Morgan fingerprint density at radius 1 is 0.571 bits per heavy atom. The number of phenols is 2. The van der Waals surface area contributed by atoms with Crippen LogP contribution in [0.15, 0.2) is 161 Å². The Kier molecular flexibility index (Phi) is 11.9. The molecule has 0 spiro atoms. The fraction of sp³-hybridized carbons (Fsp3) is 0.0667. The highest BCUT2D eigenvalue weighted by Gasteiger charge is 2.23. The summed E-state index contributed by atoms with van der Waals surface area (Å²) < 4.78 is 107. The van der Waals surface area contributed by atoms with Crippen molar-refractivity contribution in [1.82, 2.24) is 15.0 Å². The molecule has 0 unspecified atom stereocenters. The minimum absolute atomic E-state index is 0.0154. The van der Waals surface area contributed by atoms with Crippen molar-refractivity contribution < 1.29 is 59.0 Å². The molecule has 0 radical (unpaired) electrons.